The van der Waals surface area contributed by atoms with Crippen molar-refractivity contribution >= 4 is 11.9 Å². The summed E-state index contributed by atoms with van der Waals surface area (Å²) in [5, 5.41) is 12.4. The molecule has 2 aromatic carbocycles. The summed E-state index contributed by atoms with van der Waals surface area (Å²) in [4.78, 5) is 28.7. The summed E-state index contributed by atoms with van der Waals surface area (Å²) in [6.45, 7) is 3.99. The summed E-state index contributed by atoms with van der Waals surface area (Å²) < 4.78 is 12.8. The molecule has 0 bridgehead atoms. The Morgan fingerprint density at radius 2 is 1.88 bits per heavy atom. The second-order valence-corrected chi connectivity index (χ2v) is 8.29. The van der Waals surface area contributed by atoms with E-state index in [-0.39, 0.29) is 18.4 Å². The largest absolute Gasteiger partial charge is 0.496 e. The highest BCUT2D eigenvalue weighted by Gasteiger charge is 2.21. The third-order valence-corrected chi connectivity index (χ3v) is 5.30. The molecule has 0 saturated carbocycles. The first-order valence-electron chi connectivity index (χ1n) is 11.2. The summed E-state index contributed by atoms with van der Waals surface area (Å²) in [6.07, 6.45) is 1.35. The fraction of sp³-hybridized carbons (Fsp3) is 0.346. The molecule has 0 spiro atoms. The molecule has 180 valence electrons. The molecule has 0 saturated heterocycles. The van der Waals surface area contributed by atoms with Gasteiger partial charge in [-0.1, -0.05) is 42.5 Å². The second kappa shape index (κ2) is 11.5. The predicted molar refractivity (Wildman–Crippen MR) is 129 cm³/mol. The Labute approximate surface area is 199 Å². The van der Waals surface area contributed by atoms with Crippen LogP contribution < -0.4 is 10.1 Å². The number of methoxy groups -OCH3 is 1. The normalized spacial score (nSPS) is 11.9. The van der Waals surface area contributed by atoms with E-state index in [0.717, 1.165) is 22.5 Å². The minimum Gasteiger partial charge on any atom is -0.496 e. The Bertz CT molecular complexity index is 1120. The molecule has 1 aromatic heterocycles. The number of nitrogens with one attached hydrogen (secondary N) is 1. The minimum atomic E-state index is -0.997. The number of aliphatic carboxylic acids is 1. The Hall–Kier alpha value is -3.65. The molecule has 1 unspecified atom stereocenters. The quantitative estimate of drug-likeness (QED) is 0.449. The van der Waals surface area contributed by atoms with Crippen molar-refractivity contribution in [2.75, 3.05) is 13.7 Å². The van der Waals surface area contributed by atoms with Gasteiger partial charge in [-0.05, 0) is 37.5 Å². The van der Waals surface area contributed by atoms with E-state index in [1.807, 2.05) is 74.0 Å². The maximum absolute atomic E-state index is 12.7. The molecule has 0 radical (unpaired) electrons. The van der Waals surface area contributed by atoms with Crippen LogP contribution in [0, 0.1) is 0 Å². The van der Waals surface area contributed by atoms with Gasteiger partial charge in [-0.3, -0.25) is 4.79 Å². The van der Waals surface area contributed by atoms with Gasteiger partial charge in [0.15, 0.2) is 6.10 Å². The first-order chi connectivity index (χ1) is 16.3. The van der Waals surface area contributed by atoms with Crippen LogP contribution in [0.3, 0.4) is 0 Å². The third kappa shape index (κ3) is 6.45. The monoisotopic (exact) mass is 465 g/mol. The van der Waals surface area contributed by atoms with Gasteiger partial charge in [0.05, 0.1) is 13.2 Å². The number of aromatic nitrogens is 2. The van der Waals surface area contributed by atoms with Crippen LogP contribution in [-0.4, -0.2) is 52.4 Å². The highest BCUT2D eigenvalue weighted by atomic mass is 16.5. The Kier molecular flexibility index (Phi) is 8.43. The number of hydrogen-bond donors (Lipinski definition) is 2. The third-order valence-electron chi connectivity index (χ3n) is 5.30. The van der Waals surface area contributed by atoms with Gasteiger partial charge in [0.25, 0.3) is 5.91 Å². The van der Waals surface area contributed by atoms with Crippen molar-refractivity contribution in [3.63, 3.8) is 0 Å². The SMILES string of the molecule is COc1ccc(CC(OC(C)C)C(=O)O)cc1CCNC(=O)c1cn(C)c(-c2ccccc2)n1. The number of carboxylic acid groups (broad SMARTS) is 1. The number of carboxylic acids is 1. The van der Waals surface area contributed by atoms with Gasteiger partial charge >= 0.3 is 5.97 Å². The highest BCUT2D eigenvalue weighted by molar-refractivity contribution is 5.92. The lowest BCUT2D eigenvalue weighted by molar-refractivity contribution is -0.153. The van der Waals surface area contributed by atoms with Gasteiger partial charge < -0.3 is 24.5 Å². The molecule has 3 aromatic rings. The van der Waals surface area contributed by atoms with Crippen LogP contribution >= 0.6 is 0 Å². The average Bonchev–Trinajstić information content (AvgIpc) is 3.20. The van der Waals surface area contributed by atoms with Crippen molar-refractivity contribution < 1.29 is 24.2 Å². The van der Waals surface area contributed by atoms with Gasteiger partial charge in [0.2, 0.25) is 0 Å². The zero-order valence-corrected chi connectivity index (χ0v) is 19.9. The van der Waals surface area contributed by atoms with Crippen molar-refractivity contribution in [2.24, 2.45) is 7.05 Å². The number of carbonyl (C=O) groups excluding carboxylic acids is 1. The standard InChI is InChI=1S/C26H31N3O5/c1-17(2)34-23(26(31)32)15-18-10-11-22(33-4)20(14-18)12-13-27-25(30)21-16-29(3)24(28-21)19-8-6-5-7-9-19/h5-11,14,16-17,23H,12-13,15H2,1-4H3,(H,27,30)(H,31,32). The predicted octanol–water partition coefficient (Wildman–Crippen LogP) is 3.49. The second-order valence-electron chi connectivity index (χ2n) is 8.29. The fourth-order valence-corrected chi connectivity index (χ4v) is 3.72. The van der Waals surface area contributed by atoms with Gasteiger partial charge in [-0.15, -0.1) is 0 Å². The lowest BCUT2D eigenvalue weighted by Crippen LogP contribution is -2.29. The molecule has 0 aliphatic carbocycles. The number of aryl methyl sites for hydroxylation is 1. The number of hydrogen-bond acceptors (Lipinski definition) is 5. The van der Waals surface area contributed by atoms with E-state index >= 15 is 0 Å². The Morgan fingerprint density at radius 1 is 1.15 bits per heavy atom. The van der Waals surface area contributed by atoms with Gasteiger partial charge in [-0.2, -0.15) is 0 Å². The first-order valence-corrected chi connectivity index (χ1v) is 11.2. The number of imidazole rings is 1. The molecule has 2 N–H and O–H groups in total. The zero-order chi connectivity index (χ0) is 24.7. The van der Waals surface area contributed by atoms with Crippen molar-refractivity contribution in [1.82, 2.24) is 14.9 Å². The fourth-order valence-electron chi connectivity index (χ4n) is 3.72. The molecule has 1 atom stereocenters. The first kappa shape index (κ1) is 25.0. The van der Waals surface area contributed by atoms with E-state index in [9.17, 15) is 14.7 Å². The summed E-state index contributed by atoms with van der Waals surface area (Å²) in [6, 6.07) is 15.2. The van der Waals surface area contributed by atoms with Crippen LogP contribution in [0.15, 0.2) is 54.7 Å². The summed E-state index contributed by atoms with van der Waals surface area (Å²) in [5.41, 5.74) is 2.98. The number of amides is 1. The molecule has 0 aliphatic heterocycles. The zero-order valence-electron chi connectivity index (χ0n) is 19.9. The molecular weight excluding hydrogens is 434 g/mol. The van der Waals surface area contributed by atoms with Crippen molar-refractivity contribution in [2.45, 2.75) is 38.9 Å². The van der Waals surface area contributed by atoms with Crippen LogP contribution in [0.2, 0.25) is 0 Å². The Balaban J connectivity index is 1.65. The highest BCUT2D eigenvalue weighted by Crippen LogP contribution is 2.22. The number of benzene rings is 2. The summed E-state index contributed by atoms with van der Waals surface area (Å²) in [7, 11) is 3.44. The summed E-state index contributed by atoms with van der Waals surface area (Å²) in [5.74, 6) is 0.142. The molecule has 0 aliphatic rings. The van der Waals surface area contributed by atoms with E-state index in [0.29, 0.717) is 24.4 Å². The van der Waals surface area contributed by atoms with E-state index in [1.54, 1.807) is 13.3 Å². The lowest BCUT2D eigenvalue weighted by atomic mass is 10.0. The maximum atomic E-state index is 12.7. The number of carbonyl (C=O) groups is 2. The van der Waals surface area contributed by atoms with Crippen LogP contribution in [-0.2, 0) is 29.4 Å². The summed E-state index contributed by atoms with van der Waals surface area (Å²) >= 11 is 0. The molecule has 34 heavy (non-hydrogen) atoms. The number of nitrogens with zero attached hydrogens (tertiary/aromatic N) is 2. The lowest BCUT2D eigenvalue weighted by Gasteiger charge is -2.17. The van der Waals surface area contributed by atoms with Gasteiger partial charge in [0.1, 0.15) is 17.3 Å². The van der Waals surface area contributed by atoms with Gasteiger partial charge in [-0.25, -0.2) is 9.78 Å². The van der Waals surface area contributed by atoms with Crippen LogP contribution in [0.5, 0.6) is 5.75 Å². The number of rotatable bonds is 11. The Morgan fingerprint density at radius 3 is 2.53 bits per heavy atom. The van der Waals surface area contributed by atoms with E-state index in [1.165, 1.54) is 0 Å². The van der Waals surface area contributed by atoms with Gasteiger partial charge in [0, 0.05) is 31.8 Å². The molecule has 8 heteroatoms. The van der Waals surface area contributed by atoms with Crippen molar-refractivity contribution in [3.8, 4) is 17.1 Å². The molecule has 8 nitrogen and oxygen atoms in total. The van der Waals surface area contributed by atoms with Crippen LogP contribution in [0.1, 0.15) is 35.5 Å². The van der Waals surface area contributed by atoms with Crippen LogP contribution in [0.4, 0.5) is 0 Å². The van der Waals surface area contributed by atoms with E-state index in [4.69, 9.17) is 9.47 Å². The van der Waals surface area contributed by atoms with Crippen LogP contribution in [0.25, 0.3) is 11.4 Å². The smallest absolute Gasteiger partial charge is 0.333 e. The molecule has 1 heterocycles. The maximum Gasteiger partial charge on any atom is 0.333 e. The van der Waals surface area contributed by atoms with Crippen molar-refractivity contribution in [3.05, 3.63) is 71.5 Å². The molecule has 0 fully saturated rings. The topological polar surface area (TPSA) is 103 Å². The van der Waals surface area contributed by atoms with Crippen molar-refractivity contribution in [1.29, 1.82) is 0 Å². The number of ether oxygens (including phenoxy) is 2. The molecular formula is C26H31N3O5. The molecule has 1 amide bonds. The van der Waals surface area contributed by atoms with E-state index < -0.39 is 12.1 Å². The van der Waals surface area contributed by atoms with E-state index in [2.05, 4.69) is 10.3 Å². The molecule has 3 rings (SSSR count). The minimum absolute atomic E-state index is 0.192. The average molecular weight is 466 g/mol.